The smallest absolute Gasteiger partial charge is 0.158 e. The molecule has 0 saturated heterocycles. The highest BCUT2D eigenvalue weighted by Gasteiger charge is 2.02. The molecule has 0 aliphatic carbocycles. The summed E-state index contributed by atoms with van der Waals surface area (Å²) in [6.45, 7) is 3.11. The predicted octanol–water partition coefficient (Wildman–Crippen LogP) is 4.79. The van der Waals surface area contributed by atoms with Crippen LogP contribution in [0.2, 0.25) is 0 Å². The molecule has 1 heterocycles. The zero-order valence-corrected chi connectivity index (χ0v) is 13.1. The van der Waals surface area contributed by atoms with Gasteiger partial charge >= 0.3 is 0 Å². The van der Waals surface area contributed by atoms with Crippen LogP contribution in [0.25, 0.3) is 0 Å². The fraction of sp³-hybridized carbons (Fsp3) is 0.150. The van der Waals surface area contributed by atoms with Crippen molar-refractivity contribution in [3.8, 4) is 5.75 Å². The van der Waals surface area contributed by atoms with E-state index in [1.807, 2.05) is 42.6 Å². The molecule has 2 aromatic carbocycles. The zero-order valence-electron chi connectivity index (χ0n) is 13.1. The molecule has 116 valence electrons. The Labute approximate surface area is 136 Å². The van der Waals surface area contributed by atoms with Gasteiger partial charge in [0.1, 0.15) is 18.6 Å². The maximum Gasteiger partial charge on any atom is 0.158 e. The fourth-order valence-electron chi connectivity index (χ4n) is 2.15. The highest BCUT2D eigenvalue weighted by atomic mass is 16.5. The lowest BCUT2D eigenvalue weighted by atomic mass is 10.2. The van der Waals surface area contributed by atoms with E-state index in [9.17, 15) is 0 Å². The van der Waals surface area contributed by atoms with Crippen LogP contribution in [-0.2, 0) is 13.2 Å². The molecule has 0 saturated carbocycles. The fourth-order valence-corrected chi connectivity index (χ4v) is 2.15. The normalized spacial score (nSPS) is 11.0. The van der Waals surface area contributed by atoms with E-state index in [4.69, 9.17) is 9.15 Å². The van der Waals surface area contributed by atoms with Crippen LogP contribution in [0.1, 0.15) is 22.5 Å². The van der Waals surface area contributed by atoms with Gasteiger partial charge in [0, 0.05) is 12.3 Å². The Morgan fingerprint density at radius 1 is 1.04 bits per heavy atom. The summed E-state index contributed by atoms with van der Waals surface area (Å²) in [7, 11) is 0. The van der Waals surface area contributed by atoms with Gasteiger partial charge in [-0.25, -0.2) is 0 Å². The molecular weight excluding hydrogens is 286 g/mol. The molecule has 3 aromatic rings. The third-order valence-corrected chi connectivity index (χ3v) is 3.44. The number of furan rings is 1. The van der Waals surface area contributed by atoms with Gasteiger partial charge in [0.25, 0.3) is 0 Å². The topological polar surface area (TPSA) is 34.7 Å². The highest BCUT2D eigenvalue weighted by molar-refractivity contribution is 5.79. The van der Waals surface area contributed by atoms with E-state index in [1.54, 1.807) is 6.26 Å². The van der Waals surface area contributed by atoms with Crippen molar-refractivity contribution < 1.29 is 9.15 Å². The summed E-state index contributed by atoms with van der Waals surface area (Å²) >= 11 is 0. The Balaban J connectivity index is 1.51. The van der Waals surface area contributed by atoms with Gasteiger partial charge in [-0.05, 0) is 18.1 Å². The first-order valence-corrected chi connectivity index (χ1v) is 7.60. The van der Waals surface area contributed by atoms with E-state index in [-0.39, 0.29) is 0 Å². The number of benzene rings is 2. The lowest BCUT2D eigenvalue weighted by Gasteiger charge is -2.03. The molecule has 0 aliphatic heterocycles. The Hall–Kier alpha value is -2.81. The largest absolute Gasteiger partial charge is 0.486 e. The molecule has 0 amide bonds. The Kier molecular flexibility index (Phi) is 4.89. The summed E-state index contributed by atoms with van der Waals surface area (Å²) in [6.07, 6.45) is 3.47. The second-order valence-electron chi connectivity index (χ2n) is 5.40. The summed E-state index contributed by atoms with van der Waals surface area (Å²) in [4.78, 5) is 4.38. The van der Waals surface area contributed by atoms with Crippen molar-refractivity contribution >= 4 is 6.21 Å². The number of hydrogen-bond acceptors (Lipinski definition) is 3. The van der Waals surface area contributed by atoms with Crippen molar-refractivity contribution in [2.45, 2.75) is 20.1 Å². The SMILES string of the molecule is Cc1ccc(COc2coc(CN=Cc3ccccc3)c2)cc1. The average Bonchev–Trinajstić information content (AvgIpc) is 3.03. The molecule has 3 nitrogen and oxygen atoms in total. The number of nitrogens with zero attached hydrogens (tertiary/aromatic N) is 1. The molecule has 0 bridgehead atoms. The van der Waals surface area contributed by atoms with Gasteiger partial charge in [-0.1, -0.05) is 60.2 Å². The molecule has 0 fully saturated rings. The van der Waals surface area contributed by atoms with Crippen molar-refractivity contribution in [1.82, 2.24) is 0 Å². The minimum Gasteiger partial charge on any atom is -0.486 e. The minimum atomic E-state index is 0.503. The van der Waals surface area contributed by atoms with Gasteiger partial charge in [0.05, 0.1) is 6.54 Å². The first-order valence-electron chi connectivity index (χ1n) is 7.60. The van der Waals surface area contributed by atoms with Crippen molar-refractivity contribution in [3.05, 3.63) is 89.4 Å². The van der Waals surface area contributed by atoms with Gasteiger partial charge in [0.2, 0.25) is 0 Å². The monoisotopic (exact) mass is 305 g/mol. The zero-order chi connectivity index (χ0) is 15.9. The molecule has 0 unspecified atom stereocenters. The van der Waals surface area contributed by atoms with Crippen LogP contribution in [0.5, 0.6) is 5.75 Å². The summed E-state index contributed by atoms with van der Waals surface area (Å²) in [6, 6.07) is 20.2. The van der Waals surface area contributed by atoms with Crippen molar-refractivity contribution in [2.75, 3.05) is 0 Å². The van der Waals surface area contributed by atoms with E-state index in [0.717, 1.165) is 22.6 Å². The van der Waals surface area contributed by atoms with Gasteiger partial charge in [0.15, 0.2) is 5.75 Å². The van der Waals surface area contributed by atoms with Gasteiger partial charge in [-0.3, -0.25) is 4.99 Å². The Morgan fingerprint density at radius 2 is 1.83 bits per heavy atom. The van der Waals surface area contributed by atoms with Crippen LogP contribution >= 0.6 is 0 Å². The van der Waals surface area contributed by atoms with E-state index < -0.39 is 0 Å². The summed E-state index contributed by atoms with van der Waals surface area (Å²) in [5.41, 5.74) is 3.46. The van der Waals surface area contributed by atoms with Crippen molar-refractivity contribution in [2.24, 2.45) is 4.99 Å². The number of hydrogen-bond donors (Lipinski definition) is 0. The molecule has 0 aliphatic rings. The van der Waals surface area contributed by atoms with Crippen molar-refractivity contribution in [3.63, 3.8) is 0 Å². The minimum absolute atomic E-state index is 0.503. The van der Waals surface area contributed by atoms with E-state index in [1.165, 1.54) is 5.56 Å². The van der Waals surface area contributed by atoms with Gasteiger partial charge < -0.3 is 9.15 Å². The second-order valence-corrected chi connectivity index (χ2v) is 5.40. The molecule has 0 radical (unpaired) electrons. The third-order valence-electron chi connectivity index (χ3n) is 3.44. The summed E-state index contributed by atoms with van der Waals surface area (Å²) in [5.74, 6) is 1.52. The molecular formula is C20H19NO2. The lowest BCUT2D eigenvalue weighted by molar-refractivity contribution is 0.302. The van der Waals surface area contributed by atoms with Crippen LogP contribution in [0.4, 0.5) is 0 Å². The van der Waals surface area contributed by atoms with Gasteiger partial charge in [-0.15, -0.1) is 0 Å². The molecule has 23 heavy (non-hydrogen) atoms. The van der Waals surface area contributed by atoms with Crippen molar-refractivity contribution in [1.29, 1.82) is 0 Å². The average molecular weight is 305 g/mol. The Bertz CT molecular complexity index is 758. The maximum absolute atomic E-state index is 5.73. The van der Waals surface area contributed by atoms with Crippen LogP contribution in [0, 0.1) is 6.92 Å². The predicted molar refractivity (Wildman–Crippen MR) is 92.0 cm³/mol. The number of aliphatic imine (C=N–C) groups is 1. The van der Waals surface area contributed by atoms with Crippen LogP contribution in [0.3, 0.4) is 0 Å². The van der Waals surface area contributed by atoms with Gasteiger partial charge in [-0.2, -0.15) is 0 Å². The number of aryl methyl sites for hydroxylation is 1. The first kappa shape index (κ1) is 15.1. The first-order chi connectivity index (χ1) is 11.3. The molecule has 3 heteroatoms. The summed E-state index contributed by atoms with van der Waals surface area (Å²) in [5, 5.41) is 0. The quantitative estimate of drug-likeness (QED) is 0.614. The molecule has 0 N–H and O–H groups in total. The van der Waals surface area contributed by atoms with Crippen LogP contribution in [0.15, 0.2) is 76.3 Å². The molecule has 0 spiro atoms. The lowest BCUT2D eigenvalue weighted by Crippen LogP contribution is -1.94. The van der Waals surface area contributed by atoms with Crippen LogP contribution in [-0.4, -0.2) is 6.21 Å². The second kappa shape index (κ2) is 7.45. The standard InChI is InChI=1S/C20H19NO2/c1-16-7-9-18(10-8-16)14-22-20-11-19(23-15-20)13-21-12-17-5-3-2-4-6-17/h2-12,15H,13-14H2,1H3. The third kappa shape index (κ3) is 4.58. The Morgan fingerprint density at radius 3 is 2.61 bits per heavy atom. The summed E-state index contributed by atoms with van der Waals surface area (Å²) < 4.78 is 11.2. The van der Waals surface area contributed by atoms with Crippen LogP contribution < -0.4 is 4.74 Å². The molecule has 0 atom stereocenters. The molecule has 3 rings (SSSR count). The highest BCUT2D eigenvalue weighted by Crippen LogP contribution is 2.18. The number of rotatable bonds is 6. The van der Waals surface area contributed by atoms with E-state index in [0.29, 0.717) is 13.2 Å². The molecule has 1 aromatic heterocycles. The van der Waals surface area contributed by atoms with E-state index in [2.05, 4.69) is 36.2 Å². The van der Waals surface area contributed by atoms with E-state index >= 15 is 0 Å². The number of ether oxygens (including phenoxy) is 1. The maximum atomic E-state index is 5.73.